The number of benzene rings is 2. The number of para-hydroxylation sites is 2. The summed E-state index contributed by atoms with van der Waals surface area (Å²) in [5.41, 5.74) is -0.664. The van der Waals surface area contributed by atoms with E-state index in [0.717, 1.165) is 16.7 Å². The summed E-state index contributed by atoms with van der Waals surface area (Å²) in [6.07, 6.45) is 0. The van der Waals surface area contributed by atoms with E-state index in [0.29, 0.717) is 16.3 Å². The molecule has 0 atom stereocenters. The molecular weight excluding hydrogens is 342 g/mol. The lowest BCUT2D eigenvalue weighted by Gasteiger charge is -2.14. The molecule has 3 rings (SSSR count). The van der Waals surface area contributed by atoms with Gasteiger partial charge in [-0.15, -0.1) is 0 Å². The molecule has 1 aromatic heterocycles. The molecule has 0 saturated heterocycles. The van der Waals surface area contributed by atoms with Crippen LogP contribution in [0.4, 0.5) is 8.78 Å². The molecule has 0 aliphatic carbocycles. The maximum absolute atomic E-state index is 14.2. The van der Waals surface area contributed by atoms with Crippen molar-refractivity contribution in [3.63, 3.8) is 0 Å². The van der Waals surface area contributed by atoms with Crippen LogP contribution in [0.15, 0.2) is 46.3 Å². The molecule has 0 bridgehead atoms. The summed E-state index contributed by atoms with van der Waals surface area (Å²) >= 11 is 7.31. The molecule has 0 spiro atoms. The van der Waals surface area contributed by atoms with Gasteiger partial charge >= 0.3 is 0 Å². The number of hydrogen-bond acceptors (Lipinski definition) is 3. The molecule has 0 aliphatic rings. The van der Waals surface area contributed by atoms with Crippen LogP contribution in [0.1, 0.15) is 6.92 Å². The second-order valence-corrected chi connectivity index (χ2v) is 6.31. The summed E-state index contributed by atoms with van der Waals surface area (Å²) in [5.74, 6) is -1.07. The number of hydrogen-bond donors (Lipinski definition) is 0. The fraction of sp³-hybridized carbons (Fsp3) is 0.125. The molecule has 1 heterocycles. The number of rotatable bonds is 3. The molecule has 7 heteroatoms. The van der Waals surface area contributed by atoms with Crippen molar-refractivity contribution in [2.45, 2.75) is 12.1 Å². The first kappa shape index (κ1) is 16.0. The molecule has 0 unspecified atom stereocenters. The highest BCUT2D eigenvalue weighted by Gasteiger charge is 2.19. The third-order valence-electron chi connectivity index (χ3n) is 3.25. The Morgan fingerprint density at radius 1 is 1.17 bits per heavy atom. The minimum Gasteiger partial charge on any atom is -0.268 e. The minimum atomic E-state index is -0.826. The maximum Gasteiger partial charge on any atom is 0.266 e. The first-order chi connectivity index (χ1) is 11.0. The number of fused-ring (bicyclic) bond motifs is 1. The van der Waals surface area contributed by atoms with Crippen molar-refractivity contribution in [3.05, 3.63) is 63.4 Å². The van der Waals surface area contributed by atoms with Crippen molar-refractivity contribution in [3.8, 4) is 5.69 Å². The van der Waals surface area contributed by atoms with Crippen LogP contribution >= 0.6 is 23.4 Å². The monoisotopic (exact) mass is 352 g/mol. The Balaban J connectivity index is 2.47. The van der Waals surface area contributed by atoms with Gasteiger partial charge in [-0.25, -0.2) is 18.3 Å². The summed E-state index contributed by atoms with van der Waals surface area (Å²) in [6.45, 7) is 1.86. The zero-order valence-electron chi connectivity index (χ0n) is 12.0. The molecule has 118 valence electrons. The highest BCUT2D eigenvalue weighted by atomic mass is 35.5. The number of halogens is 3. The Hall–Kier alpha value is -1.92. The van der Waals surface area contributed by atoms with Gasteiger partial charge in [-0.2, -0.15) is 0 Å². The van der Waals surface area contributed by atoms with Gasteiger partial charge in [0.25, 0.3) is 5.56 Å². The molecule has 3 aromatic rings. The zero-order chi connectivity index (χ0) is 16.6. The van der Waals surface area contributed by atoms with Crippen LogP contribution in [-0.2, 0) is 0 Å². The van der Waals surface area contributed by atoms with Crippen molar-refractivity contribution in [1.29, 1.82) is 0 Å². The van der Waals surface area contributed by atoms with Gasteiger partial charge in [-0.1, -0.05) is 42.4 Å². The highest BCUT2D eigenvalue weighted by molar-refractivity contribution is 7.99. The second-order valence-electron chi connectivity index (χ2n) is 4.67. The Bertz CT molecular complexity index is 938. The van der Waals surface area contributed by atoms with Crippen molar-refractivity contribution in [2.75, 3.05) is 5.75 Å². The first-order valence-electron chi connectivity index (χ1n) is 6.83. The summed E-state index contributed by atoms with van der Waals surface area (Å²) < 4.78 is 29.3. The predicted molar refractivity (Wildman–Crippen MR) is 88.7 cm³/mol. The average molecular weight is 353 g/mol. The van der Waals surface area contributed by atoms with Crippen LogP contribution in [0.2, 0.25) is 5.02 Å². The van der Waals surface area contributed by atoms with E-state index in [1.54, 1.807) is 12.1 Å². The topological polar surface area (TPSA) is 34.9 Å². The minimum absolute atomic E-state index is 0.196. The van der Waals surface area contributed by atoms with Gasteiger partial charge in [-0.05, 0) is 30.0 Å². The number of aromatic nitrogens is 2. The van der Waals surface area contributed by atoms with E-state index in [2.05, 4.69) is 4.98 Å². The van der Waals surface area contributed by atoms with E-state index < -0.39 is 22.9 Å². The van der Waals surface area contributed by atoms with Gasteiger partial charge in [0.15, 0.2) is 5.16 Å². The lowest BCUT2D eigenvalue weighted by atomic mass is 10.2. The van der Waals surface area contributed by atoms with E-state index in [1.165, 1.54) is 23.9 Å². The van der Waals surface area contributed by atoms with Crippen molar-refractivity contribution < 1.29 is 8.78 Å². The largest absolute Gasteiger partial charge is 0.268 e. The maximum atomic E-state index is 14.2. The fourth-order valence-electron chi connectivity index (χ4n) is 2.28. The highest BCUT2D eigenvalue weighted by Crippen LogP contribution is 2.26. The van der Waals surface area contributed by atoms with Crippen LogP contribution in [0.5, 0.6) is 0 Å². The quantitative estimate of drug-likeness (QED) is 0.516. The fourth-order valence-corrected chi connectivity index (χ4v) is 3.21. The van der Waals surface area contributed by atoms with Crippen LogP contribution in [0.25, 0.3) is 16.6 Å². The van der Waals surface area contributed by atoms with E-state index >= 15 is 0 Å². The van der Waals surface area contributed by atoms with Gasteiger partial charge in [0, 0.05) is 0 Å². The Kier molecular flexibility index (Phi) is 4.37. The molecule has 0 aliphatic heterocycles. The lowest BCUT2D eigenvalue weighted by molar-refractivity contribution is 0.557. The number of thioether (sulfide) groups is 1. The summed E-state index contributed by atoms with van der Waals surface area (Å²) in [5, 5.41) is 0.724. The lowest BCUT2D eigenvalue weighted by Crippen LogP contribution is -2.24. The molecule has 0 N–H and O–H groups in total. The summed E-state index contributed by atoms with van der Waals surface area (Å²) in [7, 11) is 0. The van der Waals surface area contributed by atoms with Crippen molar-refractivity contribution >= 4 is 34.3 Å². The van der Waals surface area contributed by atoms with Gasteiger partial charge in [0.05, 0.1) is 15.9 Å². The molecule has 0 fully saturated rings. The normalized spacial score (nSPS) is 11.1. The van der Waals surface area contributed by atoms with Crippen LogP contribution in [0.3, 0.4) is 0 Å². The standard InChI is InChI=1S/C16H11ClF2N2OS/c1-2-23-16-20-13-9(5-3-6-10(13)17)15(22)21(16)14-11(18)7-4-8-12(14)19/h3-8H,2H2,1H3. The van der Waals surface area contributed by atoms with E-state index in [9.17, 15) is 13.6 Å². The van der Waals surface area contributed by atoms with Crippen LogP contribution in [0, 0.1) is 11.6 Å². The van der Waals surface area contributed by atoms with Gasteiger partial charge in [-0.3, -0.25) is 4.79 Å². The van der Waals surface area contributed by atoms with Crippen LogP contribution in [-0.4, -0.2) is 15.3 Å². The molecule has 23 heavy (non-hydrogen) atoms. The predicted octanol–water partition coefficient (Wildman–Crippen LogP) is 4.43. The van der Waals surface area contributed by atoms with Gasteiger partial charge < -0.3 is 0 Å². The Morgan fingerprint density at radius 3 is 2.48 bits per heavy atom. The number of nitrogens with zero attached hydrogens (tertiary/aromatic N) is 2. The molecule has 0 amide bonds. The molecule has 0 radical (unpaired) electrons. The van der Waals surface area contributed by atoms with Gasteiger partial charge in [0.2, 0.25) is 0 Å². The third kappa shape index (κ3) is 2.72. The Labute approximate surface area is 139 Å². The van der Waals surface area contributed by atoms with E-state index in [1.807, 2.05) is 6.92 Å². The summed E-state index contributed by atoms with van der Waals surface area (Å²) in [4.78, 5) is 17.1. The van der Waals surface area contributed by atoms with E-state index in [-0.39, 0.29) is 10.5 Å². The van der Waals surface area contributed by atoms with Crippen LogP contribution < -0.4 is 5.56 Å². The zero-order valence-corrected chi connectivity index (χ0v) is 13.6. The molecule has 3 nitrogen and oxygen atoms in total. The molecule has 2 aromatic carbocycles. The van der Waals surface area contributed by atoms with E-state index in [4.69, 9.17) is 11.6 Å². The molecular formula is C16H11ClF2N2OS. The van der Waals surface area contributed by atoms with Crippen molar-refractivity contribution in [2.24, 2.45) is 0 Å². The smallest absolute Gasteiger partial charge is 0.266 e. The second kappa shape index (κ2) is 6.29. The Morgan fingerprint density at radius 2 is 1.83 bits per heavy atom. The average Bonchev–Trinajstić information content (AvgIpc) is 2.51. The third-order valence-corrected chi connectivity index (χ3v) is 4.38. The summed E-state index contributed by atoms with van der Waals surface area (Å²) in [6, 6.07) is 8.21. The molecule has 0 saturated carbocycles. The van der Waals surface area contributed by atoms with Gasteiger partial charge in [0.1, 0.15) is 17.3 Å². The van der Waals surface area contributed by atoms with Crippen molar-refractivity contribution in [1.82, 2.24) is 9.55 Å². The SMILES string of the molecule is CCSc1nc2c(Cl)cccc2c(=O)n1-c1c(F)cccc1F. The first-order valence-corrected chi connectivity index (χ1v) is 8.19.